The Kier molecular flexibility index (Phi) is 3.57. The summed E-state index contributed by atoms with van der Waals surface area (Å²) in [5.41, 5.74) is 12.3. The molecule has 1 fully saturated rings. The molecule has 1 aromatic carbocycles. The predicted molar refractivity (Wildman–Crippen MR) is 73.7 cm³/mol. The number of benzene rings is 1. The number of hydrogen-bond acceptors (Lipinski definition) is 3. The Bertz CT molecular complexity index is 519. The minimum absolute atomic E-state index is 0.185. The summed E-state index contributed by atoms with van der Waals surface area (Å²) in [6.07, 6.45) is 3.36. The molecule has 0 aliphatic heterocycles. The van der Waals surface area contributed by atoms with Crippen LogP contribution in [0.3, 0.4) is 0 Å². The lowest BCUT2D eigenvalue weighted by Crippen LogP contribution is -2.48. The van der Waals surface area contributed by atoms with Crippen LogP contribution in [0.4, 0.5) is 5.69 Å². The first-order valence-corrected chi connectivity index (χ1v) is 6.44. The number of hydrogen-bond donors (Lipinski definition) is 3. The van der Waals surface area contributed by atoms with Crippen LogP contribution in [0.15, 0.2) is 18.2 Å². The first-order chi connectivity index (χ1) is 8.94. The molecule has 1 aliphatic carbocycles. The minimum atomic E-state index is -0.783. The fraction of sp³-hybridized carbons (Fsp3) is 0.429. The molecule has 0 saturated heterocycles. The summed E-state index contributed by atoms with van der Waals surface area (Å²) in [7, 11) is 0. The van der Waals surface area contributed by atoms with Crippen molar-refractivity contribution < 1.29 is 9.59 Å². The predicted octanol–water partition coefficient (Wildman–Crippen LogP) is 1.30. The molecule has 0 aromatic heterocycles. The normalized spacial score (nSPS) is 17.2. The van der Waals surface area contributed by atoms with Crippen LogP contribution in [0, 0.1) is 6.92 Å². The van der Waals surface area contributed by atoms with Gasteiger partial charge in [0.15, 0.2) is 0 Å². The minimum Gasteiger partial charge on any atom is -0.366 e. The van der Waals surface area contributed by atoms with Crippen LogP contribution in [-0.4, -0.2) is 17.4 Å². The van der Waals surface area contributed by atoms with E-state index in [2.05, 4.69) is 5.32 Å². The number of amides is 2. The van der Waals surface area contributed by atoms with E-state index in [0.29, 0.717) is 29.7 Å². The summed E-state index contributed by atoms with van der Waals surface area (Å²) in [6, 6.07) is 5.08. The van der Waals surface area contributed by atoms with Gasteiger partial charge in [0.05, 0.1) is 5.54 Å². The van der Waals surface area contributed by atoms with E-state index in [-0.39, 0.29) is 5.91 Å². The van der Waals surface area contributed by atoms with Crippen LogP contribution >= 0.6 is 0 Å². The van der Waals surface area contributed by atoms with E-state index < -0.39 is 11.4 Å². The lowest BCUT2D eigenvalue weighted by molar-refractivity contribution is -0.121. The molecule has 1 saturated carbocycles. The number of anilines is 1. The molecule has 1 aromatic rings. The molecule has 0 unspecified atom stereocenters. The van der Waals surface area contributed by atoms with Crippen molar-refractivity contribution in [3.63, 3.8) is 0 Å². The van der Waals surface area contributed by atoms with Gasteiger partial charge in [0.2, 0.25) is 11.8 Å². The van der Waals surface area contributed by atoms with E-state index in [1.807, 2.05) is 0 Å². The maximum Gasteiger partial charge on any atom is 0.249 e. The van der Waals surface area contributed by atoms with Crippen molar-refractivity contribution in [2.75, 3.05) is 5.32 Å². The summed E-state index contributed by atoms with van der Waals surface area (Å²) in [6.45, 7) is 1.76. The SMILES string of the molecule is Cc1c(NC(=O)C2(N)CCCC2)cccc1C(N)=O. The molecule has 0 heterocycles. The Morgan fingerprint density at radius 1 is 1.26 bits per heavy atom. The highest BCUT2D eigenvalue weighted by Crippen LogP contribution is 2.29. The van der Waals surface area contributed by atoms with Gasteiger partial charge in [0.25, 0.3) is 0 Å². The van der Waals surface area contributed by atoms with Crippen LogP contribution < -0.4 is 16.8 Å². The largest absolute Gasteiger partial charge is 0.366 e. The summed E-state index contributed by atoms with van der Waals surface area (Å²) < 4.78 is 0. The molecule has 0 bridgehead atoms. The Morgan fingerprint density at radius 3 is 2.47 bits per heavy atom. The molecule has 102 valence electrons. The van der Waals surface area contributed by atoms with Gasteiger partial charge in [-0.3, -0.25) is 9.59 Å². The Balaban J connectivity index is 2.22. The van der Waals surface area contributed by atoms with E-state index in [9.17, 15) is 9.59 Å². The van der Waals surface area contributed by atoms with Gasteiger partial charge in [0.1, 0.15) is 0 Å². The molecule has 0 spiro atoms. The number of carbonyl (C=O) groups excluding carboxylic acids is 2. The highest BCUT2D eigenvalue weighted by atomic mass is 16.2. The fourth-order valence-corrected chi connectivity index (χ4v) is 2.52. The topological polar surface area (TPSA) is 98.2 Å². The van der Waals surface area contributed by atoms with Crippen molar-refractivity contribution in [1.82, 2.24) is 0 Å². The van der Waals surface area contributed by atoms with E-state index in [0.717, 1.165) is 12.8 Å². The second-order valence-corrected chi connectivity index (χ2v) is 5.16. The standard InChI is InChI=1S/C14H19N3O2/c1-9-10(12(15)18)5-4-6-11(9)17-13(19)14(16)7-2-3-8-14/h4-6H,2-3,7-8,16H2,1H3,(H2,15,18)(H,17,19). The van der Waals surface area contributed by atoms with E-state index in [1.54, 1.807) is 25.1 Å². The van der Waals surface area contributed by atoms with Crippen molar-refractivity contribution in [2.45, 2.75) is 38.1 Å². The molecule has 5 heteroatoms. The highest BCUT2D eigenvalue weighted by molar-refractivity contribution is 6.01. The quantitative estimate of drug-likeness (QED) is 0.765. The number of rotatable bonds is 3. The molecular weight excluding hydrogens is 242 g/mol. The van der Waals surface area contributed by atoms with Gasteiger partial charge in [-0.05, 0) is 37.5 Å². The molecule has 5 N–H and O–H groups in total. The second-order valence-electron chi connectivity index (χ2n) is 5.16. The number of nitrogens with one attached hydrogen (secondary N) is 1. The maximum absolute atomic E-state index is 12.2. The summed E-state index contributed by atoms with van der Waals surface area (Å²) in [4.78, 5) is 23.5. The van der Waals surface area contributed by atoms with Crippen molar-refractivity contribution in [2.24, 2.45) is 11.5 Å². The maximum atomic E-state index is 12.2. The summed E-state index contributed by atoms with van der Waals surface area (Å²) in [5.74, 6) is -0.688. The summed E-state index contributed by atoms with van der Waals surface area (Å²) >= 11 is 0. The average molecular weight is 261 g/mol. The van der Waals surface area contributed by atoms with Gasteiger partial charge in [-0.15, -0.1) is 0 Å². The van der Waals surface area contributed by atoms with Gasteiger partial charge in [-0.1, -0.05) is 18.9 Å². The van der Waals surface area contributed by atoms with Crippen molar-refractivity contribution in [3.8, 4) is 0 Å². The molecule has 5 nitrogen and oxygen atoms in total. The number of carbonyl (C=O) groups is 2. The third kappa shape index (κ3) is 2.61. The smallest absolute Gasteiger partial charge is 0.249 e. The van der Waals surface area contributed by atoms with Crippen LogP contribution in [0.1, 0.15) is 41.6 Å². The van der Waals surface area contributed by atoms with Crippen molar-refractivity contribution in [1.29, 1.82) is 0 Å². The molecule has 2 rings (SSSR count). The van der Waals surface area contributed by atoms with Gasteiger partial charge in [-0.25, -0.2) is 0 Å². The van der Waals surface area contributed by atoms with Crippen LogP contribution in [-0.2, 0) is 4.79 Å². The third-order valence-electron chi connectivity index (χ3n) is 3.80. The Morgan fingerprint density at radius 2 is 1.89 bits per heavy atom. The molecular formula is C14H19N3O2. The Hall–Kier alpha value is -1.88. The van der Waals surface area contributed by atoms with Gasteiger partial charge < -0.3 is 16.8 Å². The lowest BCUT2D eigenvalue weighted by Gasteiger charge is -2.23. The zero-order chi connectivity index (χ0) is 14.0. The fourth-order valence-electron chi connectivity index (χ4n) is 2.52. The molecule has 0 atom stereocenters. The van der Waals surface area contributed by atoms with Gasteiger partial charge in [-0.2, -0.15) is 0 Å². The van der Waals surface area contributed by atoms with Gasteiger partial charge in [0, 0.05) is 11.3 Å². The first kappa shape index (κ1) is 13.5. The molecule has 1 aliphatic rings. The van der Waals surface area contributed by atoms with Crippen LogP contribution in [0.2, 0.25) is 0 Å². The molecule has 19 heavy (non-hydrogen) atoms. The van der Waals surface area contributed by atoms with E-state index in [1.165, 1.54) is 0 Å². The van der Waals surface area contributed by atoms with Crippen LogP contribution in [0.5, 0.6) is 0 Å². The summed E-state index contributed by atoms with van der Waals surface area (Å²) in [5, 5.41) is 2.82. The monoisotopic (exact) mass is 261 g/mol. The zero-order valence-corrected chi connectivity index (χ0v) is 11.0. The lowest BCUT2D eigenvalue weighted by atomic mass is 9.97. The van der Waals surface area contributed by atoms with Crippen LogP contribution in [0.25, 0.3) is 0 Å². The average Bonchev–Trinajstić information content (AvgIpc) is 2.80. The first-order valence-electron chi connectivity index (χ1n) is 6.44. The van der Waals surface area contributed by atoms with Crippen molar-refractivity contribution >= 4 is 17.5 Å². The highest BCUT2D eigenvalue weighted by Gasteiger charge is 2.37. The van der Waals surface area contributed by atoms with E-state index >= 15 is 0 Å². The molecule has 2 amide bonds. The Labute approximate surface area is 112 Å². The second kappa shape index (κ2) is 5.01. The number of primary amides is 1. The van der Waals surface area contributed by atoms with E-state index in [4.69, 9.17) is 11.5 Å². The van der Waals surface area contributed by atoms with Crippen molar-refractivity contribution in [3.05, 3.63) is 29.3 Å². The third-order valence-corrected chi connectivity index (χ3v) is 3.80. The molecule has 0 radical (unpaired) electrons. The van der Waals surface area contributed by atoms with Gasteiger partial charge >= 0.3 is 0 Å². The zero-order valence-electron chi connectivity index (χ0n) is 11.0. The number of nitrogens with two attached hydrogens (primary N) is 2.